The minimum Gasteiger partial charge on any atom is -0.469 e. The molecule has 9 atom stereocenters. The maximum atomic E-state index is 14.1. The Hall–Kier alpha value is -0.789. The second-order valence-corrected chi connectivity index (χ2v) is 29.4. The second kappa shape index (κ2) is 8.63. The summed E-state index contributed by atoms with van der Waals surface area (Å²) in [7, 11) is -4.60. The van der Waals surface area contributed by atoms with Gasteiger partial charge in [-0.2, -0.15) is 0 Å². The van der Waals surface area contributed by atoms with Gasteiger partial charge in [-0.1, -0.05) is 6.58 Å². The lowest BCUT2D eigenvalue weighted by molar-refractivity contribution is -0.168. The van der Waals surface area contributed by atoms with Crippen molar-refractivity contribution in [3.63, 3.8) is 0 Å². The van der Waals surface area contributed by atoms with Gasteiger partial charge in [0, 0.05) is 17.3 Å². The molecule has 5 rings (SSSR count). The van der Waals surface area contributed by atoms with E-state index in [1.807, 2.05) is 6.92 Å². The second-order valence-electron chi connectivity index (χ2n) is 16.1. The number of rotatable bonds is 7. The molecule has 0 aromatic rings. The van der Waals surface area contributed by atoms with Crippen molar-refractivity contribution in [1.29, 1.82) is 0 Å². The summed E-state index contributed by atoms with van der Waals surface area (Å²) in [4.78, 5) is 28.1. The van der Waals surface area contributed by atoms with Gasteiger partial charge in [0.25, 0.3) is 0 Å². The van der Waals surface area contributed by atoms with Crippen LogP contribution in [0.25, 0.3) is 0 Å². The van der Waals surface area contributed by atoms with Gasteiger partial charge in [0.1, 0.15) is 5.60 Å². The molecule has 1 saturated heterocycles. The topological polar surface area (TPSA) is 80.3 Å². The first-order valence-electron chi connectivity index (χ1n) is 14.7. The van der Waals surface area contributed by atoms with Crippen LogP contribution in [0.4, 0.5) is 0 Å². The number of hydrogen-bond donors (Lipinski definition) is 0. The molecule has 5 aliphatic rings. The van der Waals surface area contributed by atoms with Crippen LogP contribution in [0.1, 0.15) is 39.0 Å². The zero-order chi connectivity index (χ0) is 29.2. The monoisotopic (exact) mass is 594 g/mol. The number of ether oxygens (including phenoxy) is 2. The molecule has 10 heteroatoms. The van der Waals surface area contributed by atoms with Crippen molar-refractivity contribution >= 4 is 36.9 Å². The summed E-state index contributed by atoms with van der Waals surface area (Å²) in [5, 5.41) is 0. The number of methoxy groups -OCH3 is 1. The third-order valence-electron chi connectivity index (χ3n) is 10.3. The third kappa shape index (κ3) is 4.09. The molecule has 4 aliphatic carbocycles. The van der Waals surface area contributed by atoms with Crippen LogP contribution in [0, 0.1) is 28.6 Å². The Morgan fingerprint density at radius 1 is 0.949 bits per heavy atom. The molecule has 0 aromatic heterocycles. The van der Waals surface area contributed by atoms with Crippen molar-refractivity contribution in [2.45, 2.75) is 121 Å². The molecule has 0 N–H and O–H groups in total. The highest BCUT2D eigenvalue weighted by atomic mass is 28.4. The molecule has 39 heavy (non-hydrogen) atoms. The number of fused-ring (bicyclic) bond motifs is 1. The van der Waals surface area contributed by atoms with Crippen LogP contribution in [-0.2, 0) is 32.3 Å². The molecular formula is C29H50O7Si3. The number of carbonyl (C=O) groups is 2. The highest BCUT2D eigenvalue weighted by Crippen LogP contribution is 2.79. The van der Waals surface area contributed by atoms with E-state index < -0.39 is 52.9 Å². The van der Waals surface area contributed by atoms with Crippen LogP contribution in [0.2, 0.25) is 58.9 Å². The van der Waals surface area contributed by atoms with Crippen molar-refractivity contribution < 1.29 is 32.3 Å². The van der Waals surface area contributed by atoms with Crippen molar-refractivity contribution in [3.8, 4) is 0 Å². The van der Waals surface area contributed by atoms with E-state index in [9.17, 15) is 9.59 Å². The zero-order valence-corrected chi connectivity index (χ0v) is 29.0. The zero-order valence-electron chi connectivity index (χ0n) is 26.0. The molecule has 7 nitrogen and oxygen atoms in total. The number of esters is 2. The Morgan fingerprint density at radius 3 is 2.10 bits per heavy atom. The number of hydrogen-bond acceptors (Lipinski definition) is 7. The first-order valence-corrected chi connectivity index (χ1v) is 25.0. The van der Waals surface area contributed by atoms with E-state index in [2.05, 4.69) is 65.5 Å². The average Bonchev–Trinajstić information content (AvgIpc) is 3.18. The first-order chi connectivity index (χ1) is 17.7. The molecule has 4 unspecified atom stereocenters. The van der Waals surface area contributed by atoms with E-state index in [0.29, 0.717) is 12.8 Å². The fourth-order valence-electron chi connectivity index (χ4n) is 9.59. The quantitative estimate of drug-likeness (QED) is 0.207. The maximum Gasteiger partial charge on any atom is 0.315 e. The summed E-state index contributed by atoms with van der Waals surface area (Å²) in [6.07, 6.45) is 3.08. The van der Waals surface area contributed by atoms with Gasteiger partial charge < -0.3 is 22.8 Å². The standard InChI is InChI=1S/C29H50O7Si3/c1-18-23(35-38(7,8)9)28-17-27(18,36-39(10,11)12)15-13-19(28)29-16-14-20(34-37(4,5)6)26(2,25(31)33-29)22(29)21(28)24(30)32-3/h19-23H,1,13-17H2,2-12H3/t19?,20-,21?,22?,23+,26?,27-,28+,29+/m0/s1. The third-order valence-corrected chi connectivity index (χ3v) is 13.2. The Labute approximate surface area is 238 Å². The lowest BCUT2D eigenvalue weighted by Gasteiger charge is -2.49. The lowest BCUT2D eigenvalue weighted by atomic mass is 9.59. The molecule has 4 saturated carbocycles. The maximum absolute atomic E-state index is 14.1. The Balaban J connectivity index is 1.74. The van der Waals surface area contributed by atoms with Crippen molar-refractivity contribution in [1.82, 2.24) is 0 Å². The average molecular weight is 595 g/mol. The normalized spacial score (nSPS) is 45.2. The van der Waals surface area contributed by atoms with Gasteiger partial charge in [-0.15, -0.1) is 0 Å². The lowest BCUT2D eigenvalue weighted by Crippen LogP contribution is -2.56. The number of carbonyl (C=O) groups excluding carboxylic acids is 2. The summed E-state index contributed by atoms with van der Waals surface area (Å²) in [6.45, 7) is 26.4. The summed E-state index contributed by atoms with van der Waals surface area (Å²) >= 11 is 0. The summed E-state index contributed by atoms with van der Waals surface area (Å²) in [6, 6.07) is 0. The van der Waals surface area contributed by atoms with Gasteiger partial charge >= 0.3 is 11.9 Å². The van der Waals surface area contributed by atoms with Crippen molar-refractivity contribution in [3.05, 3.63) is 12.2 Å². The summed E-state index contributed by atoms with van der Waals surface area (Å²) in [5.74, 6) is -1.43. The van der Waals surface area contributed by atoms with Gasteiger partial charge in [-0.3, -0.25) is 9.59 Å². The van der Waals surface area contributed by atoms with Crippen molar-refractivity contribution in [2.75, 3.05) is 7.11 Å². The van der Waals surface area contributed by atoms with E-state index >= 15 is 0 Å². The molecule has 4 bridgehead atoms. The molecule has 0 radical (unpaired) electrons. The highest BCUT2D eigenvalue weighted by molar-refractivity contribution is 6.70. The van der Waals surface area contributed by atoms with Crippen molar-refractivity contribution in [2.24, 2.45) is 28.6 Å². The molecule has 220 valence electrons. The van der Waals surface area contributed by atoms with Crippen LogP contribution in [0.15, 0.2) is 12.2 Å². The van der Waals surface area contributed by atoms with E-state index in [1.54, 1.807) is 0 Å². The fraction of sp³-hybridized carbons (Fsp3) is 0.862. The summed E-state index contributed by atoms with van der Waals surface area (Å²) < 4.78 is 33.1. The molecule has 5 fully saturated rings. The van der Waals surface area contributed by atoms with Gasteiger partial charge in [0.15, 0.2) is 25.0 Å². The Kier molecular flexibility index (Phi) is 6.57. The van der Waals surface area contributed by atoms with Crippen LogP contribution < -0.4 is 0 Å². The summed E-state index contributed by atoms with van der Waals surface area (Å²) in [5.41, 5.74) is -1.84. The minimum atomic E-state index is -2.09. The fourth-order valence-corrected chi connectivity index (χ4v) is 13.4. The van der Waals surface area contributed by atoms with Gasteiger partial charge in [-0.25, -0.2) is 0 Å². The van der Waals surface area contributed by atoms with E-state index in [4.69, 9.17) is 22.8 Å². The van der Waals surface area contributed by atoms with E-state index in [1.165, 1.54) is 7.11 Å². The van der Waals surface area contributed by atoms with E-state index in [0.717, 1.165) is 24.8 Å². The first kappa shape index (κ1) is 29.7. The van der Waals surface area contributed by atoms with Crippen LogP contribution >= 0.6 is 0 Å². The molecule has 0 aromatic carbocycles. The predicted molar refractivity (Wildman–Crippen MR) is 158 cm³/mol. The molecule has 1 heterocycles. The molecule has 1 aliphatic heterocycles. The van der Waals surface area contributed by atoms with E-state index in [-0.39, 0.29) is 36.0 Å². The van der Waals surface area contributed by atoms with Crippen LogP contribution in [-0.4, -0.2) is 67.4 Å². The smallest absolute Gasteiger partial charge is 0.315 e. The van der Waals surface area contributed by atoms with Crippen LogP contribution in [0.3, 0.4) is 0 Å². The Morgan fingerprint density at radius 2 is 1.56 bits per heavy atom. The van der Waals surface area contributed by atoms with Crippen LogP contribution in [0.5, 0.6) is 0 Å². The SMILES string of the molecule is C=C1[C@@H](O[Si](C)(C)C)[C@]23C[C@@]1(O[Si](C)(C)C)CCC2[C@@]12CC[C@H](O[Si](C)(C)C)C(C)(C(=O)O1)C2C3C(=O)OC. The van der Waals surface area contributed by atoms with Gasteiger partial charge in [-0.05, 0) is 104 Å². The highest BCUT2D eigenvalue weighted by Gasteiger charge is 2.87. The molecular weight excluding hydrogens is 545 g/mol. The minimum absolute atomic E-state index is 0.0309. The van der Waals surface area contributed by atoms with Gasteiger partial charge in [0.05, 0.1) is 36.3 Å². The van der Waals surface area contributed by atoms with Gasteiger partial charge in [0.2, 0.25) is 0 Å². The molecule has 1 spiro atoms. The molecule has 0 amide bonds. The predicted octanol–water partition coefficient (Wildman–Crippen LogP) is 5.89. The Bertz CT molecular complexity index is 1090. The largest absolute Gasteiger partial charge is 0.469 e.